The first kappa shape index (κ1) is 34.3. The molecule has 0 bridgehead atoms. The van der Waals surface area contributed by atoms with E-state index in [9.17, 15) is 0 Å². The molecule has 2 nitrogen and oxygen atoms in total. The van der Waals surface area contributed by atoms with Crippen molar-refractivity contribution in [3.63, 3.8) is 0 Å². The average Bonchev–Trinajstić information content (AvgIpc) is 1.50. The largest absolute Gasteiger partial charge is 2.00 e. The van der Waals surface area contributed by atoms with Crippen LogP contribution in [0.3, 0.4) is 0 Å². The van der Waals surface area contributed by atoms with Gasteiger partial charge in [-0.3, -0.25) is 0 Å². The van der Waals surface area contributed by atoms with Gasteiger partial charge in [-0.25, -0.2) is 0 Å². The van der Waals surface area contributed by atoms with E-state index in [1.807, 2.05) is 0 Å². The summed E-state index contributed by atoms with van der Waals surface area (Å²) in [5.74, 6) is 0. The fourth-order valence-electron chi connectivity index (χ4n) is 0. The van der Waals surface area contributed by atoms with E-state index in [-0.39, 0.29) is 39.0 Å². The molecular formula is C2N2Zn2+2. The molecule has 0 N–H and O–H groups in total. The summed E-state index contributed by atoms with van der Waals surface area (Å²) in [6, 6.07) is 0. The minimum Gasteiger partial charge on any atom is -0.512 e. The second kappa shape index (κ2) is 1820. The quantitative estimate of drug-likeness (QED) is 0.397. The Balaban J connectivity index is -0.00000000500. The van der Waals surface area contributed by atoms with Crippen molar-refractivity contribution in [3.05, 3.63) is 13.1 Å². The van der Waals surface area contributed by atoms with E-state index in [1.165, 1.54) is 0 Å². The number of hydrogen-bond donors (Lipinski definition) is 0. The summed E-state index contributed by atoms with van der Waals surface area (Å²) in [4.78, 5) is 0. The molecule has 0 aromatic rings. The first-order valence-electron chi connectivity index (χ1n) is 0.447. The molecule has 0 atom stereocenters. The molecule has 0 saturated carbocycles. The van der Waals surface area contributed by atoms with E-state index in [2.05, 4.69) is 0 Å². The summed E-state index contributed by atoms with van der Waals surface area (Å²) in [7, 11) is 0. The van der Waals surface area contributed by atoms with E-state index < -0.39 is 0 Å². The molecule has 0 heterocycles. The van der Waals surface area contributed by atoms with Gasteiger partial charge in [-0.1, -0.05) is 0 Å². The molecule has 0 aliphatic heterocycles. The summed E-state index contributed by atoms with van der Waals surface area (Å²) >= 11 is 0. The maximum absolute atomic E-state index is 6.25. The van der Waals surface area contributed by atoms with Crippen LogP contribution in [0.5, 0.6) is 0 Å². The summed E-state index contributed by atoms with van der Waals surface area (Å²) < 4.78 is 0. The van der Waals surface area contributed by atoms with E-state index in [0.29, 0.717) is 0 Å². The smallest absolute Gasteiger partial charge is 0.512 e. The minimum absolute atomic E-state index is 0. The predicted octanol–water partition coefficient (Wildman–Crippen LogP) is 0.188. The van der Waals surface area contributed by atoms with Crippen LogP contribution in [0.4, 0.5) is 0 Å². The average molecular weight is 183 g/mol. The van der Waals surface area contributed by atoms with Crippen LogP contribution in [0, 0.1) is 23.7 Å². The van der Waals surface area contributed by atoms with Gasteiger partial charge < -0.3 is 23.7 Å². The first-order valence-corrected chi connectivity index (χ1v) is 0.447. The Hall–Kier alpha value is 0.227. The van der Waals surface area contributed by atoms with E-state index in [4.69, 9.17) is 23.7 Å². The van der Waals surface area contributed by atoms with Gasteiger partial charge in [-0.15, -0.1) is 0 Å². The Kier molecular flexibility index (Phi) is 10400. The molecule has 0 rings (SSSR count). The van der Waals surface area contributed by atoms with Crippen molar-refractivity contribution in [3.8, 4) is 0 Å². The van der Waals surface area contributed by atoms with E-state index in [1.54, 1.807) is 0 Å². The number of rotatable bonds is 0. The summed E-state index contributed by atoms with van der Waals surface area (Å²) in [6.07, 6.45) is 0. The van der Waals surface area contributed by atoms with Gasteiger partial charge in [0.05, 0.1) is 0 Å². The molecule has 20 valence electrons. The Morgan fingerprint density at radius 3 is 0.667 bits per heavy atom. The standard InChI is InChI=1S/2CN.2Zn/c2*1-2;;/q2*-1;2*+2. The van der Waals surface area contributed by atoms with Gasteiger partial charge in [-0.05, 0) is 0 Å². The SMILES string of the molecule is [C-]#N.[C-]#N.[Zn+2].[Zn+2]. The van der Waals surface area contributed by atoms with Gasteiger partial charge in [-0.2, -0.15) is 0 Å². The Bertz CT molecular complexity index is 25.0. The van der Waals surface area contributed by atoms with Crippen LogP contribution in [-0.4, -0.2) is 0 Å². The van der Waals surface area contributed by atoms with Gasteiger partial charge in [0.2, 0.25) is 0 Å². The van der Waals surface area contributed by atoms with Crippen LogP contribution in [-0.2, 0) is 39.0 Å². The first-order chi connectivity index (χ1) is 2.00. The molecule has 0 aromatic heterocycles. The van der Waals surface area contributed by atoms with Crippen LogP contribution in [0.25, 0.3) is 0 Å². The van der Waals surface area contributed by atoms with Crippen molar-refractivity contribution < 1.29 is 39.0 Å². The Morgan fingerprint density at radius 2 is 0.667 bits per heavy atom. The molecular weight excluding hydrogens is 183 g/mol. The minimum atomic E-state index is 0. The molecule has 0 amide bonds. The fraction of sp³-hybridized carbons (Fsp3) is 0. The molecule has 0 aliphatic rings. The number of nitrogens with zero attached hydrogens (tertiary/aromatic N) is 2. The third kappa shape index (κ3) is 856. The zero-order valence-corrected chi connectivity index (χ0v) is 9.24. The van der Waals surface area contributed by atoms with Crippen molar-refractivity contribution in [1.82, 2.24) is 0 Å². The molecule has 0 spiro atoms. The molecule has 0 unspecified atom stereocenters. The van der Waals surface area contributed by atoms with Crippen LogP contribution >= 0.6 is 0 Å². The molecule has 0 saturated heterocycles. The van der Waals surface area contributed by atoms with Crippen LogP contribution in [0.1, 0.15) is 0 Å². The molecule has 6 heavy (non-hydrogen) atoms. The molecule has 4 heteroatoms. The third-order valence-electron chi connectivity index (χ3n) is 0. The second-order valence-corrected chi connectivity index (χ2v) is 0. The molecule has 0 aliphatic carbocycles. The van der Waals surface area contributed by atoms with Crippen molar-refractivity contribution in [1.29, 1.82) is 10.5 Å². The molecule has 0 fully saturated rings. The Labute approximate surface area is 62.7 Å². The van der Waals surface area contributed by atoms with Gasteiger partial charge >= 0.3 is 39.0 Å². The second-order valence-electron chi connectivity index (χ2n) is 0. The van der Waals surface area contributed by atoms with E-state index in [0.717, 1.165) is 0 Å². The van der Waals surface area contributed by atoms with Crippen molar-refractivity contribution in [2.75, 3.05) is 0 Å². The van der Waals surface area contributed by atoms with Crippen molar-refractivity contribution in [2.45, 2.75) is 0 Å². The van der Waals surface area contributed by atoms with Gasteiger partial charge in [0, 0.05) is 0 Å². The predicted molar refractivity (Wildman–Crippen MR) is 9.94 cm³/mol. The van der Waals surface area contributed by atoms with Crippen molar-refractivity contribution in [2.24, 2.45) is 0 Å². The van der Waals surface area contributed by atoms with Crippen LogP contribution < -0.4 is 0 Å². The zero-order valence-electron chi connectivity index (χ0n) is 3.31. The fourth-order valence-corrected chi connectivity index (χ4v) is 0. The van der Waals surface area contributed by atoms with Crippen LogP contribution in [0.2, 0.25) is 0 Å². The van der Waals surface area contributed by atoms with Gasteiger partial charge in [0.1, 0.15) is 0 Å². The van der Waals surface area contributed by atoms with Gasteiger partial charge in [0.25, 0.3) is 0 Å². The summed E-state index contributed by atoms with van der Waals surface area (Å²) in [5.41, 5.74) is 0. The molecule has 0 aromatic carbocycles. The molecule has 0 radical (unpaired) electrons. The van der Waals surface area contributed by atoms with Gasteiger partial charge in [0.15, 0.2) is 0 Å². The summed E-state index contributed by atoms with van der Waals surface area (Å²) in [6.45, 7) is 9.50. The van der Waals surface area contributed by atoms with E-state index >= 15 is 0 Å². The van der Waals surface area contributed by atoms with Crippen LogP contribution in [0.15, 0.2) is 0 Å². The summed E-state index contributed by atoms with van der Waals surface area (Å²) in [5, 5.41) is 12.5. The number of hydrogen-bond acceptors (Lipinski definition) is 2. The van der Waals surface area contributed by atoms with Crippen molar-refractivity contribution >= 4 is 0 Å². The maximum atomic E-state index is 6.25. The normalized spacial score (nSPS) is 0.667. The maximum Gasteiger partial charge on any atom is 2.00 e. The topological polar surface area (TPSA) is 47.6 Å². The monoisotopic (exact) mass is 180 g/mol. The third-order valence-corrected chi connectivity index (χ3v) is 0. The Morgan fingerprint density at radius 1 is 0.667 bits per heavy atom. The zero-order chi connectivity index (χ0) is 4.00.